The molecule has 0 unspecified atom stereocenters. The lowest BCUT2D eigenvalue weighted by molar-refractivity contribution is 0.0823. The average Bonchev–Trinajstić information content (AvgIpc) is 3.25. The molecule has 0 spiro atoms. The Morgan fingerprint density at radius 1 is 1.12 bits per heavy atom. The highest BCUT2D eigenvalue weighted by atomic mass is 32.2. The van der Waals surface area contributed by atoms with Gasteiger partial charge in [0.25, 0.3) is 21.8 Å². The molecule has 1 aliphatic rings. The molecule has 1 aliphatic heterocycles. The van der Waals surface area contributed by atoms with Crippen molar-refractivity contribution in [1.29, 1.82) is 0 Å². The van der Waals surface area contributed by atoms with Crippen LogP contribution in [0.5, 0.6) is 5.75 Å². The Bertz CT molecular complexity index is 1410. The molecule has 0 radical (unpaired) electrons. The first-order chi connectivity index (χ1) is 15.7. The molecule has 33 heavy (non-hydrogen) atoms. The first-order valence-corrected chi connectivity index (χ1v) is 11.7. The maximum Gasteiger partial charge on any atom is 0.274 e. The number of ether oxygens (including phenoxy) is 1. The summed E-state index contributed by atoms with van der Waals surface area (Å²) >= 11 is 5.39. The van der Waals surface area contributed by atoms with Gasteiger partial charge in [-0.05, 0) is 53.8 Å². The van der Waals surface area contributed by atoms with Crippen molar-refractivity contribution in [3.05, 3.63) is 58.4 Å². The van der Waals surface area contributed by atoms with Crippen LogP contribution in [-0.2, 0) is 16.7 Å². The molecular formula is C20H20N6O5S2. The van der Waals surface area contributed by atoms with Gasteiger partial charge in [-0.15, -0.1) is 0 Å². The molecular weight excluding hydrogens is 468 g/mol. The molecule has 1 aromatic heterocycles. The SMILES string of the molecule is CCOc1ccc(C(=O)N(C)C)c2c1C(=O)N(Cn1nnn(-c3ccccc3)c1=S)S2(=O)=O. The zero-order chi connectivity index (χ0) is 23.9. The lowest BCUT2D eigenvalue weighted by Gasteiger charge is -2.16. The first-order valence-electron chi connectivity index (χ1n) is 9.85. The zero-order valence-electron chi connectivity index (χ0n) is 18.0. The third-order valence-electron chi connectivity index (χ3n) is 4.95. The van der Waals surface area contributed by atoms with Crippen molar-refractivity contribution in [2.24, 2.45) is 0 Å². The summed E-state index contributed by atoms with van der Waals surface area (Å²) in [6.07, 6.45) is 0. The van der Waals surface area contributed by atoms with Crippen LogP contribution in [0.3, 0.4) is 0 Å². The van der Waals surface area contributed by atoms with Gasteiger partial charge in [0, 0.05) is 14.1 Å². The second kappa shape index (κ2) is 8.41. The fourth-order valence-corrected chi connectivity index (χ4v) is 5.33. The average molecular weight is 489 g/mol. The second-order valence-electron chi connectivity index (χ2n) is 7.26. The number of amides is 2. The van der Waals surface area contributed by atoms with Gasteiger partial charge >= 0.3 is 0 Å². The number of nitrogens with zero attached hydrogens (tertiary/aromatic N) is 6. The highest BCUT2D eigenvalue weighted by molar-refractivity contribution is 7.90. The van der Waals surface area contributed by atoms with E-state index in [1.54, 1.807) is 31.2 Å². The first kappa shape index (κ1) is 22.6. The van der Waals surface area contributed by atoms with E-state index in [2.05, 4.69) is 10.4 Å². The van der Waals surface area contributed by atoms with Crippen molar-refractivity contribution in [3.8, 4) is 11.4 Å². The number of hydrogen-bond donors (Lipinski definition) is 0. The highest BCUT2D eigenvalue weighted by Crippen LogP contribution is 2.39. The quantitative estimate of drug-likeness (QED) is 0.481. The maximum absolute atomic E-state index is 13.5. The summed E-state index contributed by atoms with van der Waals surface area (Å²) in [4.78, 5) is 26.8. The Morgan fingerprint density at radius 2 is 1.82 bits per heavy atom. The molecule has 2 amide bonds. The van der Waals surface area contributed by atoms with Gasteiger partial charge in [-0.25, -0.2) is 12.7 Å². The molecule has 11 nitrogen and oxygen atoms in total. The number of para-hydroxylation sites is 1. The monoisotopic (exact) mass is 488 g/mol. The number of fused-ring (bicyclic) bond motifs is 1. The maximum atomic E-state index is 13.5. The van der Waals surface area contributed by atoms with E-state index in [4.69, 9.17) is 17.0 Å². The Balaban J connectivity index is 1.81. The van der Waals surface area contributed by atoms with E-state index >= 15 is 0 Å². The van der Waals surface area contributed by atoms with Gasteiger partial charge in [0.05, 0.1) is 17.9 Å². The third-order valence-corrected chi connectivity index (χ3v) is 7.13. The summed E-state index contributed by atoms with van der Waals surface area (Å²) in [7, 11) is -1.42. The van der Waals surface area contributed by atoms with Crippen LogP contribution in [0.25, 0.3) is 5.69 Å². The molecule has 0 atom stereocenters. The van der Waals surface area contributed by atoms with Crippen LogP contribution in [0.2, 0.25) is 0 Å². The Hall–Kier alpha value is -3.58. The number of carbonyl (C=O) groups excluding carboxylic acids is 2. The van der Waals surface area contributed by atoms with Crippen LogP contribution < -0.4 is 4.74 Å². The summed E-state index contributed by atoms with van der Waals surface area (Å²) in [5.41, 5.74) is 0.322. The van der Waals surface area contributed by atoms with Gasteiger partial charge in [-0.3, -0.25) is 9.59 Å². The minimum absolute atomic E-state index is 0.0791. The van der Waals surface area contributed by atoms with Gasteiger partial charge in [-0.1, -0.05) is 18.2 Å². The number of hydrogen-bond acceptors (Lipinski definition) is 8. The summed E-state index contributed by atoms with van der Waals surface area (Å²) < 4.78 is 35.6. The van der Waals surface area contributed by atoms with E-state index in [-0.39, 0.29) is 33.1 Å². The van der Waals surface area contributed by atoms with Gasteiger partial charge in [0.15, 0.2) is 0 Å². The third kappa shape index (κ3) is 3.68. The number of aromatic nitrogens is 4. The van der Waals surface area contributed by atoms with Crippen molar-refractivity contribution in [2.75, 3.05) is 20.7 Å². The lowest BCUT2D eigenvalue weighted by Crippen LogP contribution is -2.33. The molecule has 0 bridgehead atoms. The summed E-state index contributed by atoms with van der Waals surface area (Å²) in [5, 5.41) is 7.90. The van der Waals surface area contributed by atoms with Crippen LogP contribution in [-0.4, -0.2) is 69.9 Å². The van der Waals surface area contributed by atoms with Crippen LogP contribution >= 0.6 is 12.2 Å². The molecule has 2 aromatic carbocycles. The van der Waals surface area contributed by atoms with E-state index in [0.29, 0.717) is 9.99 Å². The molecule has 0 saturated carbocycles. The molecule has 0 aliphatic carbocycles. The highest BCUT2D eigenvalue weighted by Gasteiger charge is 2.47. The van der Waals surface area contributed by atoms with Crippen molar-refractivity contribution in [1.82, 2.24) is 29.0 Å². The molecule has 0 saturated heterocycles. The van der Waals surface area contributed by atoms with Gasteiger partial charge < -0.3 is 9.64 Å². The van der Waals surface area contributed by atoms with E-state index in [0.717, 1.165) is 4.68 Å². The number of rotatable bonds is 6. The van der Waals surface area contributed by atoms with E-state index < -0.39 is 28.5 Å². The molecule has 0 N–H and O–H groups in total. The molecule has 3 aromatic rings. The number of sulfonamides is 1. The Morgan fingerprint density at radius 3 is 2.45 bits per heavy atom. The van der Waals surface area contributed by atoms with Gasteiger partial charge in [-0.2, -0.15) is 9.36 Å². The minimum atomic E-state index is -4.40. The number of carbonyl (C=O) groups is 2. The van der Waals surface area contributed by atoms with E-state index in [9.17, 15) is 18.0 Å². The fourth-order valence-electron chi connectivity index (χ4n) is 3.42. The zero-order valence-corrected chi connectivity index (χ0v) is 19.6. The summed E-state index contributed by atoms with van der Waals surface area (Å²) in [5.74, 6) is -1.31. The normalized spacial score (nSPS) is 14.3. The topological polar surface area (TPSA) is 120 Å². The van der Waals surface area contributed by atoms with Crippen molar-refractivity contribution < 1.29 is 22.7 Å². The standard InChI is InChI=1S/C20H20N6O5S2/c1-4-31-15-11-10-14(18(27)23(2)3)17-16(15)19(28)25(33(17,29)30)12-24-20(32)26(22-21-24)13-8-6-5-7-9-13/h5-11H,4,12H2,1-3H3. The molecule has 172 valence electrons. The van der Waals surface area contributed by atoms with Crippen LogP contribution in [0.1, 0.15) is 27.6 Å². The van der Waals surface area contributed by atoms with Crippen molar-refractivity contribution >= 4 is 34.1 Å². The predicted molar refractivity (Wildman–Crippen MR) is 119 cm³/mol. The number of tetrazole rings is 1. The smallest absolute Gasteiger partial charge is 0.274 e. The predicted octanol–water partition coefficient (Wildman–Crippen LogP) is 1.70. The largest absolute Gasteiger partial charge is 0.493 e. The van der Waals surface area contributed by atoms with Crippen LogP contribution in [0.4, 0.5) is 0 Å². The van der Waals surface area contributed by atoms with Gasteiger partial charge in [0.1, 0.15) is 22.9 Å². The minimum Gasteiger partial charge on any atom is -0.493 e. The number of benzene rings is 2. The van der Waals surface area contributed by atoms with Crippen molar-refractivity contribution in [3.63, 3.8) is 0 Å². The Labute approximate surface area is 194 Å². The fraction of sp³-hybridized carbons (Fsp3) is 0.250. The van der Waals surface area contributed by atoms with Gasteiger partial charge in [0.2, 0.25) is 4.77 Å². The van der Waals surface area contributed by atoms with E-state index in [1.165, 1.54) is 35.8 Å². The Kier molecular flexibility index (Phi) is 5.76. The lowest BCUT2D eigenvalue weighted by atomic mass is 10.1. The van der Waals surface area contributed by atoms with E-state index in [1.807, 2.05) is 6.07 Å². The van der Waals surface area contributed by atoms with Crippen molar-refractivity contribution in [2.45, 2.75) is 18.5 Å². The second-order valence-corrected chi connectivity index (χ2v) is 9.42. The summed E-state index contributed by atoms with van der Waals surface area (Å²) in [6.45, 7) is 1.40. The van der Waals surface area contributed by atoms with Crippen LogP contribution in [0.15, 0.2) is 47.4 Å². The summed E-state index contributed by atoms with van der Waals surface area (Å²) in [6, 6.07) is 11.7. The van der Waals surface area contributed by atoms with Crippen LogP contribution in [0, 0.1) is 4.77 Å². The molecule has 4 rings (SSSR count). The molecule has 2 heterocycles. The molecule has 13 heteroatoms. The molecule has 0 fully saturated rings.